The number of amides is 3. The first-order valence-electron chi connectivity index (χ1n) is 12.0. The maximum absolute atomic E-state index is 13.7. The normalized spacial score (nSPS) is 20.1. The number of fused-ring (bicyclic) bond motifs is 1. The number of hydrogen-bond acceptors (Lipinski definition) is 6. The molecular weight excluding hydrogens is 542 g/mol. The van der Waals surface area contributed by atoms with Gasteiger partial charge in [-0.2, -0.15) is 8.78 Å². The Morgan fingerprint density at radius 3 is 2.38 bits per heavy atom. The zero-order chi connectivity index (χ0) is 28.5. The predicted molar refractivity (Wildman–Crippen MR) is 135 cm³/mol. The van der Waals surface area contributed by atoms with Crippen LogP contribution in [0.5, 0.6) is 5.75 Å². The Morgan fingerprint density at radius 2 is 1.79 bits per heavy atom. The summed E-state index contributed by atoms with van der Waals surface area (Å²) in [5.74, 6) is -4.07. The molecule has 1 aliphatic carbocycles. The fourth-order valence-electron chi connectivity index (χ4n) is 3.83. The topological polar surface area (TPSA) is 97.0 Å². The van der Waals surface area contributed by atoms with Crippen molar-refractivity contribution in [3.8, 4) is 5.75 Å². The summed E-state index contributed by atoms with van der Waals surface area (Å²) in [5.41, 5.74) is 0.165. The number of benzene rings is 2. The van der Waals surface area contributed by atoms with Gasteiger partial charge in [-0.25, -0.2) is 13.6 Å². The molecule has 39 heavy (non-hydrogen) atoms. The van der Waals surface area contributed by atoms with Gasteiger partial charge in [-0.15, -0.1) is 11.8 Å². The first kappa shape index (κ1) is 28.5. The zero-order valence-electron chi connectivity index (χ0n) is 21.3. The van der Waals surface area contributed by atoms with Crippen molar-refractivity contribution in [1.29, 1.82) is 0 Å². The van der Waals surface area contributed by atoms with E-state index in [0.717, 1.165) is 0 Å². The van der Waals surface area contributed by atoms with Crippen molar-refractivity contribution in [2.75, 3.05) is 10.7 Å². The molecule has 2 N–H and O–H groups in total. The monoisotopic (exact) mass is 569 g/mol. The van der Waals surface area contributed by atoms with Crippen molar-refractivity contribution in [1.82, 2.24) is 10.6 Å². The van der Waals surface area contributed by atoms with Crippen molar-refractivity contribution >= 4 is 35.4 Å². The van der Waals surface area contributed by atoms with E-state index in [4.69, 9.17) is 4.74 Å². The van der Waals surface area contributed by atoms with Crippen LogP contribution in [0.25, 0.3) is 0 Å². The van der Waals surface area contributed by atoms with E-state index in [9.17, 15) is 31.9 Å². The van der Waals surface area contributed by atoms with Gasteiger partial charge in [0.15, 0.2) is 0 Å². The Kier molecular flexibility index (Phi) is 8.01. The molecule has 2 aromatic rings. The molecule has 0 radical (unpaired) electrons. The number of rotatable bonds is 7. The molecule has 0 unspecified atom stereocenters. The number of carbonyl (C=O) groups is 3. The lowest BCUT2D eigenvalue weighted by Crippen LogP contribution is -2.50. The van der Waals surface area contributed by atoms with E-state index in [2.05, 4.69) is 15.4 Å². The van der Waals surface area contributed by atoms with Gasteiger partial charge in [-0.3, -0.25) is 9.59 Å². The van der Waals surface area contributed by atoms with E-state index in [1.54, 1.807) is 26.8 Å². The van der Waals surface area contributed by atoms with Gasteiger partial charge in [-0.1, -0.05) is 12.1 Å². The summed E-state index contributed by atoms with van der Waals surface area (Å²) in [6, 6.07) is 7.94. The molecule has 1 heterocycles. The summed E-state index contributed by atoms with van der Waals surface area (Å²) < 4.78 is 61.4. The average Bonchev–Trinajstić information content (AvgIpc) is 3.46. The highest BCUT2D eigenvalue weighted by Crippen LogP contribution is 2.42. The second kappa shape index (κ2) is 10.9. The van der Waals surface area contributed by atoms with Gasteiger partial charge >= 0.3 is 12.7 Å². The molecule has 2 aliphatic rings. The molecule has 0 aromatic heterocycles. The van der Waals surface area contributed by atoms with Gasteiger partial charge in [0.2, 0.25) is 0 Å². The van der Waals surface area contributed by atoms with Crippen molar-refractivity contribution in [2.24, 2.45) is 0 Å². The van der Waals surface area contributed by atoms with Crippen molar-refractivity contribution in [3.05, 3.63) is 53.6 Å². The Morgan fingerprint density at radius 1 is 1.13 bits per heavy atom. The number of halogens is 4. The van der Waals surface area contributed by atoms with Crippen LogP contribution >= 0.6 is 11.8 Å². The van der Waals surface area contributed by atoms with Crippen LogP contribution in [0.4, 0.5) is 28.0 Å². The van der Waals surface area contributed by atoms with Crippen LogP contribution in [0, 0.1) is 0 Å². The summed E-state index contributed by atoms with van der Waals surface area (Å²) in [5, 5.41) is 4.88. The van der Waals surface area contributed by atoms with E-state index in [1.165, 1.54) is 53.1 Å². The van der Waals surface area contributed by atoms with Gasteiger partial charge in [-0.05, 0) is 56.7 Å². The number of alkyl carbamates (subject to hydrolysis) is 1. The first-order valence-corrected chi connectivity index (χ1v) is 13.0. The molecule has 0 saturated heterocycles. The number of alkyl halides is 4. The third-order valence-electron chi connectivity index (χ3n) is 5.79. The molecule has 0 spiro atoms. The number of anilines is 1. The SMILES string of the molecule is CC(C)(C)OC(=O)N[C@H]1CSc2ccc(C(=O)N[C@@H]3CC3(F)F)cc2N(Cc2ccc(OC(F)F)cc2)C1=O. The second-order valence-corrected chi connectivity index (χ2v) is 11.2. The maximum atomic E-state index is 13.7. The zero-order valence-corrected chi connectivity index (χ0v) is 22.1. The van der Waals surface area contributed by atoms with Gasteiger partial charge in [0.25, 0.3) is 17.7 Å². The quantitative estimate of drug-likeness (QED) is 0.458. The summed E-state index contributed by atoms with van der Waals surface area (Å²) in [4.78, 5) is 40.8. The highest BCUT2D eigenvalue weighted by atomic mass is 32.2. The van der Waals surface area contributed by atoms with Crippen LogP contribution in [0.3, 0.4) is 0 Å². The summed E-state index contributed by atoms with van der Waals surface area (Å²) in [6.45, 7) is 2.02. The number of ether oxygens (including phenoxy) is 2. The van der Waals surface area contributed by atoms with Crippen molar-refractivity contribution in [3.63, 3.8) is 0 Å². The van der Waals surface area contributed by atoms with Crippen molar-refractivity contribution < 1.29 is 41.4 Å². The lowest BCUT2D eigenvalue weighted by atomic mass is 10.1. The highest BCUT2D eigenvalue weighted by Gasteiger charge is 2.57. The van der Waals surface area contributed by atoms with E-state index in [0.29, 0.717) is 16.1 Å². The van der Waals surface area contributed by atoms with E-state index in [-0.39, 0.29) is 23.6 Å². The van der Waals surface area contributed by atoms with Gasteiger partial charge < -0.3 is 25.0 Å². The number of nitrogens with zero attached hydrogens (tertiary/aromatic N) is 1. The maximum Gasteiger partial charge on any atom is 0.408 e. The molecule has 13 heteroatoms. The standard InChI is InChI=1S/C26H27F4N3O5S/c1-25(2,3)38-24(36)31-17-13-39-19-9-6-15(21(34)32-20-11-26(20,29)30)10-18(19)33(22(17)35)12-14-4-7-16(8-5-14)37-23(27)28/h4-10,17,20,23H,11-13H2,1-3H3,(H,31,36)(H,32,34)/t17-,20+/m0/s1. The third kappa shape index (κ3) is 7.34. The van der Waals surface area contributed by atoms with Crippen molar-refractivity contribution in [2.45, 2.75) is 68.9 Å². The molecule has 2 atom stereocenters. The lowest BCUT2D eigenvalue weighted by Gasteiger charge is -2.27. The Hall–Kier alpha value is -3.48. The average molecular weight is 570 g/mol. The van der Waals surface area contributed by atoms with Crippen LogP contribution in [-0.4, -0.2) is 53.9 Å². The molecule has 1 fully saturated rings. The second-order valence-electron chi connectivity index (χ2n) is 10.1. The molecule has 1 saturated carbocycles. The largest absolute Gasteiger partial charge is 0.444 e. The minimum atomic E-state index is -2.99. The molecule has 0 bridgehead atoms. The Bertz CT molecular complexity index is 1250. The molecule has 4 rings (SSSR count). The molecule has 1 aliphatic heterocycles. The van der Waals surface area contributed by atoms with Crippen LogP contribution in [0.15, 0.2) is 47.4 Å². The molecule has 210 valence electrons. The number of hydrogen-bond donors (Lipinski definition) is 2. The minimum Gasteiger partial charge on any atom is -0.444 e. The van der Waals surface area contributed by atoms with Crippen LogP contribution < -0.4 is 20.3 Å². The number of nitrogens with one attached hydrogen (secondary N) is 2. The van der Waals surface area contributed by atoms with Crippen LogP contribution in [0.2, 0.25) is 0 Å². The van der Waals surface area contributed by atoms with Crippen LogP contribution in [0.1, 0.15) is 43.1 Å². The fraction of sp³-hybridized carbons (Fsp3) is 0.423. The van der Waals surface area contributed by atoms with Gasteiger partial charge in [0, 0.05) is 22.6 Å². The van der Waals surface area contributed by atoms with Crippen LogP contribution in [-0.2, 0) is 16.1 Å². The minimum absolute atomic E-state index is 0.0420. The Labute approximate surface area is 226 Å². The summed E-state index contributed by atoms with van der Waals surface area (Å²) in [7, 11) is 0. The summed E-state index contributed by atoms with van der Waals surface area (Å²) >= 11 is 1.26. The first-order chi connectivity index (χ1) is 18.2. The molecule has 3 amide bonds. The fourth-order valence-corrected chi connectivity index (χ4v) is 4.88. The number of carbonyl (C=O) groups excluding carboxylic acids is 3. The van der Waals surface area contributed by atoms with E-state index in [1.807, 2.05) is 0 Å². The number of thioether (sulfide) groups is 1. The van der Waals surface area contributed by atoms with Gasteiger partial charge in [0.05, 0.1) is 18.3 Å². The van der Waals surface area contributed by atoms with E-state index >= 15 is 0 Å². The lowest BCUT2D eigenvalue weighted by molar-refractivity contribution is -0.120. The molecule has 8 nitrogen and oxygen atoms in total. The van der Waals surface area contributed by atoms with Gasteiger partial charge in [0.1, 0.15) is 17.4 Å². The summed E-state index contributed by atoms with van der Waals surface area (Å²) in [6.07, 6.45) is -1.22. The smallest absolute Gasteiger partial charge is 0.408 e. The third-order valence-corrected chi connectivity index (χ3v) is 6.95. The Balaban J connectivity index is 1.62. The predicted octanol–water partition coefficient (Wildman–Crippen LogP) is 4.96. The highest BCUT2D eigenvalue weighted by molar-refractivity contribution is 7.99. The molecule has 2 aromatic carbocycles. The van der Waals surface area contributed by atoms with E-state index < -0.39 is 54.5 Å². The molecular formula is C26H27F4N3O5S.